The fourth-order valence-electron chi connectivity index (χ4n) is 6.40. The van der Waals surface area contributed by atoms with E-state index in [0.29, 0.717) is 37.0 Å². The third-order valence-corrected chi connectivity index (χ3v) is 8.50. The molecular formula is C30H35N5O3. The summed E-state index contributed by atoms with van der Waals surface area (Å²) in [6, 6.07) is 14.2. The van der Waals surface area contributed by atoms with E-state index in [1.807, 2.05) is 53.6 Å². The van der Waals surface area contributed by atoms with Crippen LogP contribution in [0.5, 0.6) is 0 Å². The van der Waals surface area contributed by atoms with Gasteiger partial charge in [0.15, 0.2) is 5.65 Å². The fourth-order valence-corrected chi connectivity index (χ4v) is 6.40. The van der Waals surface area contributed by atoms with Crippen LogP contribution < -0.4 is 10.9 Å². The molecule has 2 N–H and O–H groups in total. The Labute approximate surface area is 221 Å². The molecule has 0 bridgehead atoms. The number of nitrogens with one attached hydrogen (secondary N) is 1. The Morgan fingerprint density at radius 3 is 2.68 bits per heavy atom. The molecule has 1 amide bonds. The van der Waals surface area contributed by atoms with Gasteiger partial charge in [-0.05, 0) is 62.4 Å². The molecule has 8 nitrogen and oxygen atoms in total. The van der Waals surface area contributed by atoms with E-state index in [-0.39, 0.29) is 29.8 Å². The Morgan fingerprint density at radius 1 is 1.16 bits per heavy atom. The number of hydrogen-bond acceptors (Lipinski definition) is 5. The van der Waals surface area contributed by atoms with E-state index in [1.54, 1.807) is 6.33 Å². The van der Waals surface area contributed by atoms with E-state index in [4.69, 9.17) is 0 Å². The molecule has 0 unspecified atom stereocenters. The van der Waals surface area contributed by atoms with Gasteiger partial charge >= 0.3 is 0 Å². The Bertz CT molecular complexity index is 1550. The lowest BCUT2D eigenvalue weighted by Crippen LogP contribution is -2.52. The number of nitrogens with zero attached hydrogens (tertiary/aromatic N) is 4. The van der Waals surface area contributed by atoms with Crippen molar-refractivity contribution >= 4 is 22.5 Å². The number of benzene rings is 1. The number of fused-ring (bicyclic) bond motifs is 3. The minimum Gasteiger partial charge on any atom is -0.388 e. The van der Waals surface area contributed by atoms with Crippen LogP contribution in [0.1, 0.15) is 41.9 Å². The van der Waals surface area contributed by atoms with Crippen molar-refractivity contribution in [2.45, 2.75) is 51.2 Å². The van der Waals surface area contributed by atoms with Gasteiger partial charge in [-0.15, -0.1) is 0 Å². The number of pyridine rings is 1. The SMILES string of the molecule is Cc1cc(C)c2cc3c(=O)n(CC4(O)CCN(C(=O)[C@@H]5CCNC[C@H]5c5ccccc5)CC4)cnc3n2c1. The Kier molecular flexibility index (Phi) is 6.32. The number of piperidine rings is 2. The van der Waals surface area contributed by atoms with Crippen LogP contribution in [-0.2, 0) is 11.3 Å². The van der Waals surface area contributed by atoms with Crippen molar-refractivity contribution in [1.29, 1.82) is 0 Å². The minimum absolute atomic E-state index is 0.0601. The van der Waals surface area contributed by atoms with E-state index >= 15 is 0 Å². The second-order valence-corrected chi connectivity index (χ2v) is 11.2. The van der Waals surface area contributed by atoms with Gasteiger partial charge in [0.05, 0.1) is 23.0 Å². The maximum absolute atomic E-state index is 13.6. The first-order chi connectivity index (χ1) is 18.3. The highest BCUT2D eigenvalue weighted by Crippen LogP contribution is 2.33. The summed E-state index contributed by atoms with van der Waals surface area (Å²) in [5, 5.41) is 15.4. The molecular weight excluding hydrogens is 478 g/mol. The number of carbonyl (C=O) groups excluding carboxylic acids is 1. The molecule has 2 atom stereocenters. The first-order valence-corrected chi connectivity index (χ1v) is 13.6. The summed E-state index contributed by atoms with van der Waals surface area (Å²) < 4.78 is 3.49. The summed E-state index contributed by atoms with van der Waals surface area (Å²) in [4.78, 5) is 33.5. The topological polar surface area (TPSA) is 91.9 Å². The predicted molar refractivity (Wildman–Crippen MR) is 147 cm³/mol. The molecule has 0 aliphatic carbocycles. The molecule has 0 radical (unpaired) electrons. The van der Waals surface area contributed by atoms with Crippen LogP contribution in [0.4, 0.5) is 0 Å². The van der Waals surface area contributed by atoms with Gasteiger partial charge in [-0.3, -0.25) is 14.2 Å². The first-order valence-electron chi connectivity index (χ1n) is 13.6. The zero-order chi connectivity index (χ0) is 26.4. The second-order valence-electron chi connectivity index (χ2n) is 11.2. The lowest BCUT2D eigenvalue weighted by molar-refractivity contribution is -0.141. The minimum atomic E-state index is -1.06. The van der Waals surface area contributed by atoms with Crippen LogP contribution >= 0.6 is 0 Å². The van der Waals surface area contributed by atoms with Gasteiger partial charge < -0.3 is 19.7 Å². The van der Waals surface area contributed by atoms with Crippen molar-refractivity contribution in [2.24, 2.45) is 5.92 Å². The summed E-state index contributed by atoms with van der Waals surface area (Å²) >= 11 is 0. The van der Waals surface area contributed by atoms with Gasteiger partial charge in [-0.25, -0.2) is 4.98 Å². The summed E-state index contributed by atoms with van der Waals surface area (Å²) in [6.45, 7) is 6.83. The van der Waals surface area contributed by atoms with Crippen LogP contribution in [0.2, 0.25) is 0 Å². The number of aromatic nitrogens is 3. The van der Waals surface area contributed by atoms with Crippen LogP contribution in [0.15, 0.2) is 59.8 Å². The van der Waals surface area contributed by atoms with Crippen LogP contribution in [0, 0.1) is 19.8 Å². The lowest BCUT2D eigenvalue weighted by Gasteiger charge is -2.41. The fraction of sp³-hybridized carbons (Fsp3) is 0.433. The average molecular weight is 514 g/mol. The van der Waals surface area contributed by atoms with Crippen molar-refractivity contribution in [3.8, 4) is 0 Å². The number of likely N-dealkylation sites (tertiary alicyclic amines) is 1. The highest BCUT2D eigenvalue weighted by Gasteiger charge is 2.39. The molecule has 38 heavy (non-hydrogen) atoms. The quantitative estimate of drug-likeness (QED) is 0.438. The number of aryl methyl sites for hydroxylation is 2. The summed E-state index contributed by atoms with van der Waals surface area (Å²) in [5.41, 5.74) is 3.77. The summed E-state index contributed by atoms with van der Waals surface area (Å²) in [5.74, 6) is 0.268. The van der Waals surface area contributed by atoms with Gasteiger partial charge in [0.1, 0.15) is 6.33 Å². The average Bonchev–Trinajstić information content (AvgIpc) is 3.30. The van der Waals surface area contributed by atoms with Crippen LogP contribution in [0.3, 0.4) is 0 Å². The molecule has 4 aromatic rings. The second kappa shape index (κ2) is 9.67. The molecule has 198 valence electrons. The Balaban J connectivity index is 1.18. The molecule has 0 saturated carbocycles. The standard InChI is InChI=1S/C30H35N5O3/c1-20-14-21(2)26-15-24-27(35(26)17-20)32-19-34(29(24)37)18-30(38)9-12-33(13-10-30)28(36)23-8-11-31-16-25(23)22-6-4-3-5-7-22/h3-7,14-15,17,19,23,25,31,38H,8-13,16,18H2,1-2H3/t23-,25+/m1/s1. The molecule has 3 aromatic heterocycles. The lowest BCUT2D eigenvalue weighted by atomic mass is 9.80. The molecule has 1 aromatic carbocycles. The van der Waals surface area contributed by atoms with Crippen LogP contribution in [0.25, 0.3) is 16.6 Å². The molecule has 2 fully saturated rings. The van der Waals surface area contributed by atoms with Gasteiger partial charge in [-0.1, -0.05) is 36.4 Å². The number of aliphatic hydroxyl groups is 1. The smallest absolute Gasteiger partial charge is 0.262 e. The monoisotopic (exact) mass is 513 g/mol. The Morgan fingerprint density at radius 2 is 1.92 bits per heavy atom. The maximum Gasteiger partial charge on any atom is 0.262 e. The highest BCUT2D eigenvalue weighted by molar-refractivity contribution is 5.84. The highest BCUT2D eigenvalue weighted by atomic mass is 16.3. The molecule has 5 heterocycles. The van der Waals surface area contributed by atoms with Crippen LogP contribution in [-0.4, -0.2) is 61.6 Å². The van der Waals surface area contributed by atoms with Crippen molar-refractivity contribution in [3.05, 3.63) is 82.0 Å². The first kappa shape index (κ1) is 24.8. The maximum atomic E-state index is 13.6. The molecule has 2 saturated heterocycles. The van der Waals surface area contributed by atoms with E-state index in [0.717, 1.165) is 36.2 Å². The third kappa shape index (κ3) is 4.41. The van der Waals surface area contributed by atoms with Crippen molar-refractivity contribution in [3.63, 3.8) is 0 Å². The van der Waals surface area contributed by atoms with E-state index in [2.05, 4.69) is 28.5 Å². The largest absolute Gasteiger partial charge is 0.388 e. The molecule has 0 spiro atoms. The van der Waals surface area contributed by atoms with Gasteiger partial charge in [0.25, 0.3) is 5.56 Å². The zero-order valence-corrected chi connectivity index (χ0v) is 22.1. The Hall–Kier alpha value is -3.49. The number of carbonyl (C=O) groups is 1. The van der Waals surface area contributed by atoms with Gasteiger partial charge in [-0.2, -0.15) is 0 Å². The van der Waals surface area contributed by atoms with Gasteiger partial charge in [0, 0.05) is 37.7 Å². The number of hydrogen-bond donors (Lipinski definition) is 2. The van der Waals surface area contributed by atoms with Gasteiger partial charge in [0.2, 0.25) is 5.91 Å². The van der Waals surface area contributed by atoms with Crippen molar-refractivity contribution in [2.75, 3.05) is 26.2 Å². The summed E-state index contributed by atoms with van der Waals surface area (Å²) in [6.07, 6.45) is 5.21. The number of amides is 1. The zero-order valence-electron chi connectivity index (χ0n) is 22.1. The van der Waals surface area contributed by atoms with E-state index in [1.165, 1.54) is 10.1 Å². The molecule has 8 heteroatoms. The van der Waals surface area contributed by atoms with E-state index in [9.17, 15) is 14.7 Å². The van der Waals surface area contributed by atoms with Crippen molar-refractivity contribution in [1.82, 2.24) is 24.2 Å². The predicted octanol–water partition coefficient (Wildman–Crippen LogP) is 3.01. The normalized spacial score (nSPS) is 21.7. The number of rotatable bonds is 4. The molecule has 2 aliphatic rings. The third-order valence-electron chi connectivity index (χ3n) is 8.50. The summed E-state index contributed by atoms with van der Waals surface area (Å²) in [7, 11) is 0. The van der Waals surface area contributed by atoms with E-state index < -0.39 is 5.60 Å². The molecule has 6 rings (SSSR count). The molecule has 2 aliphatic heterocycles. The van der Waals surface area contributed by atoms with Crippen molar-refractivity contribution < 1.29 is 9.90 Å².